The largest absolute Gasteiger partial charge is 0.340 e. The van der Waals surface area contributed by atoms with E-state index in [1.807, 2.05) is 25.7 Å². The Kier molecular flexibility index (Phi) is 2.73. The molecule has 0 saturated carbocycles. The smallest absolute Gasteiger partial charge is 0.228 e. The van der Waals surface area contributed by atoms with Crippen LogP contribution in [0.15, 0.2) is 0 Å². The predicted molar refractivity (Wildman–Crippen MR) is 48.9 cm³/mol. The molecule has 1 aliphatic rings. The summed E-state index contributed by atoms with van der Waals surface area (Å²) in [5.41, 5.74) is -0.225. The Bertz CT molecular complexity index is 166. The molecule has 1 saturated heterocycles. The van der Waals surface area contributed by atoms with Gasteiger partial charge in [-0.05, 0) is 0 Å². The van der Waals surface area contributed by atoms with Gasteiger partial charge in [0.2, 0.25) is 5.91 Å². The van der Waals surface area contributed by atoms with Crippen LogP contribution in [0.2, 0.25) is 0 Å². The Balaban J connectivity index is 2.51. The minimum atomic E-state index is -0.225. The van der Waals surface area contributed by atoms with Gasteiger partial charge < -0.3 is 10.2 Å². The molecule has 3 heteroatoms. The fourth-order valence-electron chi connectivity index (χ4n) is 1.34. The highest BCUT2D eigenvalue weighted by molar-refractivity contribution is 5.81. The number of nitrogens with one attached hydrogen (secondary N) is 1. The maximum Gasteiger partial charge on any atom is 0.228 e. The second-order valence-corrected chi connectivity index (χ2v) is 4.29. The van der Waals surface area contributed by atoms with Crippen LogP contribution in [0, 0.1) is 5.41 Å². The predicted octanol–water partition coefficient (Wildman–Crippen LogP) is 0.464. The molecule has 12 heavy (non-hydrogen) atoms. The van der Waals surface area contributed by atoms with E-state index >= 15 is 0 Å². The third-order valence-electron chi connectivity index (χ3n) is 2.05. The lowest BCUT2D eigenvalue weighted by Crippen LogP contribution is -2.49. The molecule has 0 unspecified atom stereocenters. The van der Waals surface area contributed by atoms with Crippen molar-refractivity contribution in [1.29, 1.82) is 0 Å². The number of nitrogens with zero attached hydrogens (tertiary/aromatic N) is 1. The van der Waals surface area contributed by atoms with E-state index in [1.165, 1.54) is 0 Å². The van der Waals surface area contributed by atoms with E-state index in [2.05, 4.69) is 5.32 Å². The summed E-state index contributed by atoms with van der Waals surface area (Å²) in [5.74, 6) is 0.268. The van der Waals surface area contributed by atoms with Gasteiger partial charge in [-0.3, -0.25) is 4.79 Å². The number of rotatable bonds is 0. The average molecular weight is 170 g/mol. The van der Waals surface area contributed by atoms with Crippen LogP contribution in [0.1, 0.15) is 20.8 Å². The number of amides is 1. The van der Waals surface area contributed by atoms with Gasteiger partial charge in [0.1, 0.15) is 0 Å². The first-order valence-corrected chi connectivity index (χ1v) is 4.52. The van der Waals surface area contributed by atoms with Gasteiger partial charge in [0.25, 0.3) is 0 Å². The van der Waals surface area contributed by atoms with Gasteiger partial charge >= 0.3 is 0 Å². The number of hydrogen-bond donors (Lipinski definition) is 1. The van der Waals surface area contributed by atoms with Crippen LogP contribution in [0.3, 0.4) is 0 Å². The van der Waals surface area contributed by atoms with Crippen molar-refractivity contribution in [3.05, 3.63) is 0 Å². The van der Waals surface area contributed by atoms with Gasteiger partial charge in [-0.2, -0.15) is 0 Å². The van der Waals surface area contributed by atoms with Crippen LogP contribution in [0.5, 0.6) is 0 Å². The molecule has 1 fully saturated rings. The molecule has 0 radical (unpaired) electrons. The van der Waals surface area contributed by atoms with Crippen LogP contribution in [-0.4, -0.2) is 37.0 Å². The molecule has 70 valence electrons. The summed E-state index contributed by atoms with van der Waals surface area (Å²) < 4.78 is 0. The molecular formula is C9H18N2O. The summed E-state index contributed by atoms with van der Waals surface area (Å²) in [4.78, 5) is 13.7. The second-order valence-electron chi connectivity index (χ2n) is 4.29. The van der Waals surface area contributed by atoms with Crippen molar-refractivity contribution in [1.82, 2.24) is 10.2 Å². The molecule has 0 atom stereocenters. The minimum absolute atomic E-state index is 0.225. The van der Waals surface area contributed by atoms with Crippen molar-refractivity contribution in [2.45, 2.75) is 20.8 Å². The highest BCUT2D eigenvalue weighted by atomic mass is 16.2. The van der Waals surface area contributed by atoms with Crippen molar-refractivity contribution in [2.75, 3.05) is 26.2 Å². The number of piperazine rings is 1. The van der Waals surface area contributed by atoms with E-state index in [9.17, 15) is 4.79 Å². The van der Waals surface area contributed by atoms with E-state index < -0.39 is 0 Å². The summed E-state index contributed by atoms with van der Waals surface area (Å²) >= 11 is 0. The zero-order valence-electron chi connectivity index (χ0n) is 8.18. The molecule has 0 bridgehead atoms. The maximum atomic E-state index is 11.7. The van der Waals surface area contributed by atoms with Gasteiger partial charge in [-0.25, -0.2) is 0 Å². The number of hydrogen-bond acceptors (Lipinski definition) is 2. The van der Waals surface area contributed by atoms with Crippen molar-refractivity contribution in [3.63, 3.8) is 0 Å². The topological polar surface area (TPSA) is 32.3 Å². The molecule has 0 spiro atoms. The molecular weight excluding hydrogens is 152 g/mol. The van der Waals surface area contributed by atoms with E-state index in [0.29, 0.717) is 0 Å². The molecule has 3 nitrogen and oxygen atoms in total. The number of carbonyl (C=O) groups excluding carboxylic acids is 1. The van der Waals surface area contributed by atoms with Gasteiger partial charge in [0, 0.05) is 31.6 Å². The van der Waals surface area contributed by atoms with Crippen LogP contribution >= 0.6 is 0 Å². The normalized spacial score (nSPS) is 19.4. The highest BCUT2D eigenvalue weighted by Crippen LogP contribution is 2.17. The Labute approximate surface area is 74.1 Å². The monoisotopic (exact) mass is 170 g/mol. The summed E-state index contributed by atoms with van der Waals surface area (Å²) in [6.07, 6.45) is 0. The lowest BCUT2D eigenvalue weighted by molar-refractivity contribution is -0.140. The van der Waals surface area contributed by atoms with E-state index in [-0.39, 0.29) is 11.3 Å². The van der Waals surface area contributed by atoms with E-state index in [0.717, 1.165) is 26.2 Å². The third kappa shape index (κ3) is 2.21. The first-order valence-electron chi connectivity index (χ1n) is 4.52. The molecule has 0 aromatic carbocycles. The van der Waals surface area contributed by atoms with Crippen molar-refractivity contribution >= 4 is 5.91 Å². The van der Waals surface area contributed by atoms with Crippen LogP contribution < -0.4 is 5.32 Å². The third-order valence-corrected chi connectivity index (χ3v) is 2.05. The van der Waals surface area contributed by atoms with Crippen LogP contribution in [0.4, 0.5) is 0 Å². The second kappa shape index (κ2) is 3.44. The SMILES string of the molecule is CC(C)(C)C(=O)N1CCNCC1. The summed E-state index contributed by atoms with van der Waals surface area (Å²) in [5, 5.41) is 3.23. The molecule has 1 rings (SSSR count). The quantitative estimate of drug-likeness (QED) is 0.573. The number of carbonyl (C=O) groups is 1. The fraction of sp³-hybridized carbons (Fsp3) is 0.889. The zero-order chi connectivity index (χ0) is 9.19. The highest BCUT2D eigenvalue weighted by Gasteiger charge is 2.27. The summed E-state index contributed by atoms with van der Waals surface area (Å²) in [6, 6.07) is 0. The van der Waals surface area contributed by atoms with Gasteiger partial charge in [-0.1, -0.05) is 20.8 Å². The average Bonchev–Trinajstić information content (AvgIpc) is 2.03. The van der Waals surface area contributed by atoms with Gasteiger partial charge in [-0.15, -0.1) is 0 Å². The Morgan fingerprint density at radius 1 is 1.25 bits per heavy atom. The zero-order valence-corrected chi connectivity index (χ0v) is 8.18. The van der Waals surface area contributed by atoms with Crippen LogP contribution in [-0.2, 0) is 4.79 Å². The van der Waals surface area contributed by atoms with Crippen molar-refractivity contribution in [2.24, 2.45) is 5.41 Å². The lowest BCUT2D eigenvalue weighted by Gasteiger charge is -2.32. The lowest BCUT2D eigenvalue weighted by atomic mass is 9.94. The molecule has 0 aliphatic carbocycles. The van der Waals surface area contributed by atoms with Crippen molar-refractivity contribution in [3.8, 4) is 0 Å². The fourth-order valence-corrected chi connectivity index (χ4v) is 1.34. The Hall–Kier alpha value is -0.570. The van der Waals surface area contributed by atoms with E-state index in [1.54, 1.807) is 0 Å². The molecule has 1 aliphatic heterocycles. The Morgan fingerprint density at radius 3 is 2.17 bits per heavy atom. The molecule has 1 heterocycles. The minimum Gasteiger partial charge on any atom is -0.340 e. The standard InChI is InChI=1S/C9H18N2O/c1-9(2,3)8(12)11-6-4-10-5-7-11/h10H,4-7H2,1-3H3. The molecule has 1 N–H and O–H groups in total. The first-order chi connectivity index (χ1) is 5.52. The molecule has 0 aromatic heterocycles. The first kappa shape index (κ1) is 9.52. The van der Waals surface area contributed by atoms with Crippen LogP contribution in [0.25, 0.3) is 0 Å². The van der Waals surface area contributed by atoms with Gasteiger partial charge in [0.15, 0.2) is 0 Å². The van der Waals surface area contributed by atoms with Crippen molar-refractivity contribution < 1.29 is 4.79 Å². The van der Waals surface area contributed by atoms with E-state index in [4.69, 9.17) is 0 Å². The Morgan fingerprint density at radius 2 is 1.75 bits per heavy atom. The van der Waals surface area contributed by atoms with Gasteiger partial charge in [0.05, 0.1) is 0 Å². The summed E-state index contributed by atoms with van der Waals surface area (Å²) in [7, 11) is 0. The maximum absolute atomic E-state index is 11.7. The molecule has 1 amide bonds. The molecule has 0 aromatic rings. The summed E-state index contributed by atoms with van der Waals surface area (Å²) in [6.45, 7) is 9.49.